The van der Waals surface area contributed by atoms with Crippen LogP contribution in [0.1, 0.15) is 70.6 Å². The second kappa shape index (κ2) is 12.3. The summed E-state index contributed by atoms with van der Waals surface area (Å²) in [5.41, 5.74) is 3.74. The van der Waals surface area contributed by atoms with Gasteiger partial charge in [0, 0.05) is 10.2 Å². The van der Waals surface area contributed by atoms with Crippen molar-refractivity contribution in [3.8, 4) is 5.75 Å². The molecule has 0 heterocycles. The Balaban J connectivity index is 1.79. The Morgan fingerprint density at radius 1 is 1.04 bits per heavy atom. The van der Waals surface area contributed by atoms with Gasteiger partial charge < -0.3 is 4.74 Å². The van der Waals surface area contributed by atoms with Crippen LogP contribution in [-0.2, 0) is 4.79 Å². The lowest BCUT2D eigenvalue weighted by molar-refractivity contribution is -0.123. The summed E-state index contributed by atoms with van der Waals surface area (Å²) in [5.74, 6) is 0.228. The van der Waals surface area contributed by atoms with Gasteiger partial charge in [-0.15, -0.1) is 0 Å². The second-order valence-corrected chi connectivity index (χ2v) is 8.08. The van der Waals surface area contributed by atoms with E-state index in [2.05, 4.69) is 26.5 Å². The standard InChI is InChI=1S/C20H28BrClN2O2/c21-16-12-13-19(18(22)14-16)26-15-20(25)24-23-17-10-8-6-4-2-1-3-5-7-9-11-17/h12-14H,1-11,15H2,(H,24,25). The zero-order valence-corrected chi connectivity index (χ0v) is 17.6. The van der Waals surface area contributed by atoms with Crippen LogP contribution in [-0.4, -0.2) is 18.2 Å². The molecule has 0 saturated heterocycles. The fourth-order valence-electron chi connectivity index (χ4n) is 3.04. The molecule has 1 aromatic rings. The van der Waals surface area contributed by atoms with E-state index in [-0.39, 0.29) is 12.5 Å². The number of halogens is 2. The van der Waals surface area contributed by atoms with Crippen molar-refractivity contribution in [2.24, 2.45) is 5.10 Å². The molecule has 2 rings (SSSR count). The summed E-state index contributed by atoms with van der Waals surface area (Å²) in [5, 5.41) is 4.83. The van der Waals surface area contributed by atoms with Gasteiger partial charge in [-0.1, -0.05) is 72.5 Å². The van der Waals surface area contributed by atoms with E-state index in [1.165, 1.54) is 44.9 Å². The summed E-state index contributed by atoms with van der Waals surface area (Å²) in [6, 6.07) is 5.29. The van der Waals surface area contributed by atoms with Gasteiger partial charge in [-0.25, -0.2) is 5.43 Å². The maximum absolute atomic E-state index is 12.0. The lowest BCUT2D eigenvalue weighted by Gasteiger charge is -2.10. The van der Waals surface area contributed by atoms with Crippen LogP contribution in [0.5, 0.6) is 5.75 Å². The molecule has 1 aromatic carbocycles. The van der Waals surface area contributed by atoms with E-state index < -0.39 is 0 Å². The van der Waals surface area contributed by atoms with Gasteiger partial charge in [0.1, 0.15) is 5.75 Å². The van der Waals surface area contributed by atoms with Crippen molar-refractivity contribution in [1.29, 1.82) is 0 Å². The van der Waals surface area contributed by atoms with Crippen LogP contribution in [0.15, 0.2) is 27.8 Å². The first-order chi connectivity index (χ1) is 12.6. The fraction of sp³-hybridized carbons (Fsp3) is 0.600. The van der Waals surface area contributed by atoms with Crippen molar-refractivity contribution in [2.75, 3.05) is 6.61 Å². The van der Waals surface area contributed by atoms with Crippen molar-refractivity contribution >= 4 is 39.1 Å². The number of hydrogen-bond donors (Lipinski definition) is 1. The molecule has 26 heavy (non-hydrogen) atoms. The molecule has 1 saturated carbocycles. The van der Waals surface area contributed by atoms with Gasteiger partial charge in [-0.2, -0.15) is 5.10 Å². The SMILES string of the molecule is O=C(COc1ccc(Br)cc1Cl)NN=C1CCCCCCCCCCC1. The molecule has 144 valence electrons. The first-order valence-electron chi connectivity index (χ1n) is 9.57. The van der Waals surface area contributed by atoms with Crippen LogP contribution in [0.4, 0.5) is 0 Å². The normalized spacial score (nSPS) is 16.9. The predicted molar refractivity (Wildman–Crippen MR) is 111 cm³/mol. The van der Waals surface area contributed by atoms with Gasteiger partial charge in [-0.3, -0.25) is 4.79 Å². The second-order valence-electron chi connectivity index (χ2n) is 6.76. The number of hydrazone groups is 1. The molecule has 1 amide bonds. The molecule has 1 aliphatic rings. The van der Waals surface area contributed by atoms with Gasteiger partial charge in [0.05, 0.1) is 5.02 Å². The first kappa shape index (κ1) is 21.2. The van der Waals surface area contributed by atoms with E-state index in [9.17, 15) is 4.79 Å². The van der Waals surface area contributed by atoms with Crippen LogP contribution in [0.25, 0.3) is 0 Å². The summed E-state index contributed by atoms with van der Waals surface area (Å²) in [6.07, 6.45) is 13.4. The lowest BCUT2D eigenvalue weighted by atomic mass is 10.00. The van der Waals surface area contributed by atoms with Crippen LogP contribution in [0.3, 0.4) is 0 Å². The van der Waals surface area contributed by atoms with Gasteiger partial charge in [0.15, 0.2) is 6.61 Å². The smallest absolute Gasteiger partial charge is 0.277 e. The fourth-order valence-corrected chi connectivity index (χ4v) is 3.77. The Morgan fingerprint density at radius 3 is 2.19 bits per heavy atom. The summed E-state index contributed by atoms with van der Waals surface area (Å²) in [7, 11) is 0. The highest BCUT2D eigenvalue weighted by molar-refractivity contribution is 9.10. The van der Waals surface area contributed by atoms with Crippen LogP contribution in [0.2, 0.25) is 5.02 Å². The maximum Gasteiger partial charge on any atom is 0.277 e. The Labute approximate surface area is 169 Å². The van der Waals surface area contributed by atoms with E-state index in [0.29, 0.717) is 10.8 Å². The maximum atomic E-state index is 12.0. The minimum Gasteiger partial charge on any atom is -0.482 e. The molecule has 4 nitrogen and oxygen atoms in total. The number of nitrogens with one attached hydrogen (secondary N) is 1. The van der Waals surface area contributed by atoms with E-state index >= 15 is 0 Å². The molecule has 0 unspecified atom stereocenters. The van der Waals surface area contributed by atoms with Gasteiger partial charge >= 0.3 is 0 Å². The Hall–Kier alpha value is -1.07. The number of rotatable bonds is 4. The predicted octanol–water partition coefficient (Wildman–Crippen LogP) is 6.26. The molecule has 1 fully saturated rings. The van der Waals surface area contributed by atoms with E-state index in [4.69, 9.17) is 16.3 Å². The molecule has 0 spiro atoms. The molecule has 1 aliphatic carbocycles. The Morgan fingerprint density at radius 2 is 1.62 bits per heavy atom. The highest BCUT2D eigenvalue weighted by Crippen LogP contribution is 2.27. The van der Waals surface area contributed by atoms with Gasteiger partial charge in [-0.05, 0) is 43.9 Å². The summed E-state index contributed by atoms with van der Waals surface area (Å²) < 4.78 is 6.34. The third-order valence-corrected chi connectivity index (χ3v) is 5.31. The highest BCUT2D eigenvalue weighted by atomic mass is 79.9. The topological polar surface area (TPSA) is 50.7 Å². The van der Waals surface area contributed by atoms with Crippen molar-refractivity contribution < 1.29 is 9.53 Å². The van der Waals surface area contributed by atoms with Gasteiger partial charge in [0.25, 0.3) is 5.91 Å². The summed E-state index contributed by atoms with van der Waals surface area (Å²) in [4.78, 5) is 12.0. The summed E-state index contributed by atoms with van der Waals surface area (Å²) in [6.45, 7) is -0.0991. The zero-order valence-electron chi connectivity index (χ0n) is 15.2. The van der Waals surface area contributed by atoms with Crippen molar-refractivity contribution in [3.05, 3.63) is 27.7 Å². The minimum atomic E-state index is -0.261. The van der Waals surface area contributed by atoms with E-state index in [1.807, 2.05) is 6.07 Å². The monoisotopic (exact) mass is 442 g/mol. The zero-order chi connectivity index (χ0) is 18.6. The van der Waals surface area contributed by atoms with Gasteiger partial charge in [0.2, 0.25) is 0 Å². The third kappa shape index (κ3) is 8.54. The van der Waals surface area contributed by atoms with Crippen molar-refractivity contribution in [1.82, 2.24) is 5.43 Å². The van der Waals surface area contributed by atoms with Crippen molar-refractivity contribution in [2.45, 2.75) is 70.6 Å². The number of carbonyl (C=O) groups excluding carboxylic acids is 1. The number of nitrogens with zero attached hydrogens (tertiary/aromatic N) is 1. The average Bonchev–Trinajstić information content (AvgIpc) is 2.60. The summed E-state index contributed by atoms with van der Waals surface area (Å²) >= 11 is 9.42. The molecule has 6 heteroatoms. The molecule has 1 N–H and O–H groups in total. The number of amides is 1. The third-order valence-electron chi connectivity index (χ3n) is 4.52. The van der Waals surface area contributed by atoms with Crippen molar-refractivity contribution in [3.63, 3.8) is 0 Å². The Kier molecular flexibility index (Phi) is 10.1. The van der Waals surface area contributed by atoms with Crippen LogP contribution < -0.4 is 10.2 Å². The molecular formula is C20H28BrClN2O2. The largest absolute Gasteiger partial charge is 0.482 e. The van der Waals surface area contributed by atoms with E-state index in [1.54, 1.807) is 12.1 Å². The molecular weight excluding hydrogens is 416 g/mol. The first-order valence-corrected chi connectivity index (χ1v) is 10.7. The Bertz CT molecular complexity index is 593. The molecule has 0 radical (unpaired) electrons. The molecule has 0 atom stereocenters. The van der Waals surface area contributed by atoms with E-state index in [0.717, 1.165) is 35.9 Å². The van der Waals surface area contributed by atoms with Crippen LogP contribution in [0, 0.1) is 0 Å². The quantitative estimate of drug-likeness (QED) is 0.558. The average molecular weight is 444 g/mol. The number of ether oxygens (including phenoxy) is 1. The van der Waals surface area contributed by atoms with Crippen LogP contribution >= 0.6 is 27.5 Å². The number of benzene rings is 1. The highest BCUT2D eigenvalue weighted by Gasteiger charge is 2.07. The molecule has 0 aliphatic heterocycles. The minimum absolute atomic E-state index is 0.0991. The number of carbonyl (C=O) groups is 1. The molecule has 0 bridgehead atoms. The lowest BCUT2D eigenvalue weighted by Crippen LogP contribution is -2.26. The number of hydrogen-bond acceptors (Lipinski definition) is 3. The molecule has 0 aromatic heterocycles.